The number of anilines is 2. The highest BCUT2D eigenvalue weighted by Gasteiger charge is 2.35. The lowest BCUT2D eigenvalue weighted by Crippen LogP contribution is -2.29. The summed E-state index contributed by atoms with van der Waals surface area (Å²) < 4.78 is 0. The number of hydrogen-bond acceptors (Lipinski definition) is 3. The summed E-state index contributed by atoms with van der Waals surface area (Å²) in [6, 6.07) is 14.4. The molecular weight excluding hydrogens is 354 g/mol. The van der Waals surface area contributed by atoms with E-state index < -0.39 is 5.92 Å². The first kappa shape index (κ1) is 19.4. The number of benzene rings is 2. The van der Waals surface area contributed by atoms with Gasteiger partial charge in [-0.25, -0.2) is 0 Å². The van der Waals surface area contributed by atoms with Gasteiger partial charge in [-0.05, 0) is 30.7 Å². The van der Waals surface area contributed by atoms with Crippen LogP contribution in [-0.4, -0.2) is 30.8 Å². The van der Waals surface area contributed by atoms with E-state index in [-0.39, 0.29) is 24.1 Å². The average Bonchev–Trinajstić information content (AvgIpc) is 3.08. The van der Waals surface area contributed by atoms with E-state index in [0.29, 0.717) is 24.3 Å². The summed E-state index contributed by atoms with van der Waals surface area (Å²) in [6.07, 6.45) is 1.73. The standard InChI is InChI=1S/C22H23N3O3/c1-3-12-23-22(28)17-9-5-6-10-18(17)24-21(27)16-13-20(26)25(14-16)19-11-7-4-8-15(19)2/h3-11,16H,1,12-14H2,2H3,(H,23,28)(H,24,27)/t16-/m1/s1. The fraction of sp³-hybridized carbons (Fsp3) is 0.227. The molecule has 2 aromatic carbocycles. The quantitative estimate of drug-likeness (QED) is 0.760. The zero-order valence-corrected chi connectivity index (χ0v) is 15.8. The van der Waals surface area contributed by atoms with Crippen molar-refractivity contribution in [3.8, 4) is 0 Å². The number of rotatable bonds is 6. The van der Waals surface area contributed by atoms with Crippen LogP contribution in [0, 0.1) is 12.8 Å². The molecule has 2 N–H and O–H groups in total. The molecule has 1 atom stereocenters. The zero-order chi connectivity index (χ0) is 20.1. The summed E-state index contributed by atoms with van der Waals surface area (Å²) in [5.74, 6) is -1.11. The molecule has 1 fully saturated rings. The van der Waals surface area contributed by atoms with Crippen LogP contribution in [-0.2, 0) is 9.59 Å². The first-order valence-corrected chi connectivity index (χ1v) is 9.16. The second-order valence-electron chi connectivity index (χ2n) is 6.73. The number of para-hydroxylation sites is 2. The number of nitrogens with zero attached hydrogens (tertiary/aromatic N) is 1. The van der Waals surface area contributed by atoms with Gasteiger partial charge in [-0.1, -0.05) is 36.4 Å². The van der Waals surface area contributed by atoms with Crippen LogP contribution in [0.3, 0.4) is 0 Å². The molecule has 0 saturated carbocycles. The van der Waals surface area contributed by atoms with Gasteiger partial charge in [0.05, 0.1) is 17.2 Å². The Balaban J connectivity index is 1.73. The Morgan fingerprint density at radius 2 is 1.89 bits per heavy atom. The van der Waals surface area contributed by atoms with Gasteiger partial charge >= 0.3 is 0 Å². The minimum atomic E-state index is -0.476. The highest BCUT2D eigenvalue weighted by atomic mass is 16.2. The molecule has 1 heterocycles. The van der Waals surface area contributed by atoms with E-state index in [9.17, 15) is 14.4 Å². The third-order valence-electron chi connectivity index (χ3n) is 4.74. The summed E-state index contributed by atoms with van der Waals surface area (Å²) in [5.41, 5.74) is 2.61. The zero-order valence-electron chi connectivity index (χ0n) is 15.8. The molecule has 3 rings (SSSR count). The van der Waals surface area contributed by atoms with E-state index in [1.54, 1.807) is 35.2 Å². The Hall–Kier alpha value is -3.41. The molecule has 6 nitrogen and oxygen atoms in total. The molecule has 28 heavy (non-hydrogen) atoms. The molecule has 3 amide bonds. The molecule has 0 spiro atoms. The molecule has 144 valence electrons. The van der Waals surface area contributed by atoms with Crippen molar-refractivity contribution in [2.24, 2.45) is 5.92 Å². The lowest BCUT2D eigenvalue weighted by molar-refractivity contribution is -0.122. The van der Waals surface area contributed by atoms with Crippen LogP contribution in [0.15, 0.2) is 61.2 Å². The molecular formula is C22H23N3O3. The molecule has 2 aromatic rings. The molecule has 1 aliphatic rings. The highest BCUT2D eigenvalue weighted by Crippen LogP contribution is 2.28. The van der Waals surface area contributed by atoms with Crippen LogP contribution in [0.4, 0.5) is 11.4 Å². The van der Waals surface area contributed by atoms with Gasteiger partial charge in [0.25, 0.3) is 5.91 Å². The van der Waals surface area contributed by atoms with E-state index >= 15 is 0 Å². The summed E-state index contributed by atoms with van der Waals surface area (Å²) in [6.45, 7) is 6.17. The number of amides is 3. The minimum absolute atomic E-state index is 0.0774. The Morgan fingerprint density at radius 3 is 2.64 bits per heavy atom. The van der Waals surface area contributed by atoms with E-state index in [4.69, 9.17) is 0 Å². The second kappa shape index (κ2) is 8.52. The van der Waals surface area contributed by atoms with Gasteiger partial charge in [0.1, 0.15) is 0 Å². The van der Waals surface area contributed by atoms with Crippen molar-refractivity contribution in [3.05, 3.63) is 72.3 Å². The maximum Gasteiger partial charge on any atom is 0.253 e. The fourth-order valence-corrected chi connectivity index (χ4v) is 3.27. The third kappa shape index (κ3) is 4.11. The van der Waals surface area contributed by atoms with Crippen molar-refractivity contribution in [3.63, 3.8) is 0 Å². The van der Waals surface area contributed by atoms with Gasteiger partial charge in [-0.15, -0.1) is 6.58 Å². The smallest absolute Gasteiger partial charge is 0.253 e. The monoisotopic (exact) mass is 377 g/mol. The van der Waals surface area contributed by atoms with Crippen molar-refractivity contribution in [1.29, 1.82) is 0 Å². The van der Waals surface area contributed by atoms with Crippen LogP contribution in [0.5, 0.6) is 0 Å². The number of hydrogen-bond donors (Lipinski definition) is 2. The molecule has 1 saturated heterocycles. The number of carbonyl (C=O) groups excluding carboxylic acids is 3. The summed E-state index contributed by atoms with van der Waals surface area (Å²) in [4.78, 5) is 39.2. The SMILES string of the molecule is C=CCNC(=O)c1ccccc1NC(=O)[C@@H]1CC(=O)N(c2ccccc2C)C1. The molecule has 0 bridgehead atoms. The second-order valence-corrected chi connectivity index (χ2v) is 6.73. The van der Waals surface area contributed by atoms with E-state index in [1.165, 1.54) is 0 Å². The molecule has 1 aliphatic heterocycles. The molecule has 0 aromatic heterocycles. The van der Waals surface area contributed by atoms with Gasteiger partial charge in [-0.3, -0.25) is 14.4 Å². The van der Waals surface area contributed by atoms with Crippen LogP contribution < -0.4 is 15.5 Å². The van der Waals surface area contributed by atoms with Crippen molar-refractivity contribution >= 4 is 29.1 Å². The largest absolute Gasteiger partial charge is 0.349 e. The summed E-state index contributed by atoms with van der Waals surface area (Å²) in [5, 5.41) is 5.52. The van der Waals surface area contributed by atoms with Crippen LogP contribution in [0.2, 0.25) is 0 Å². The molecule has 6 heteroatoms. The topological polar surface area (TPSA) is 78.5 Å². The molecule has 0 unspecified atom stereocenters. The first-order chi connectivity index (χ1) is 13.5. The van der Waals surface area contributed by atoms with Crippen molar-refractivity contribution in [2.45, 2.75) is 13.3 Å². The van der Waals surface area contributed by atoms with Gasteiger partial charge in [0, 0.05) is 25.2 Å². The Morgan fingerprint density at radius 1 is 1.18 bits per heavy atom. The van der Waals surface area contributed by atoms with Crippen molar-refractivity contribution in [1.82, 2.24) is 5.32 Å². The number of nitrogens with one attached hydrogen (secondary N) is 2. The van der Waals surface area contributed by atoms with Gasteiger partial charge in [0.2, 0.25) is 11.8 Å². The van der Waals surface area contributed by atoms with Crippen LogP contribution >= 0.6 is 0 Å². The van der Waals surface area contributed by atoms with E-state index in [0.717, 1.165) is 11.3 Å². The lowest BCUT2D eigenvalue weighted by Gasteiger charge is -2.19. The summed E-state index contributed by atoms with van der Waals surface area (Å²) in [7, 11) is 0. The molecule has 0 radical (unpaired) electrons. The Labute approximate surface area is 164 Å². The predicted octanol–water partition coefficient (Wildman–Crippen LogP) is 2.90. The Kier molecular flexibility index (Phi) is 5.89. The predicted molar refractivity (Wildman–Crippen MR) is 109 cm³/mol. The lowest BCUT2D eigenvalue weighted by atomic mass is 10.1. The van der Waals surface area contributed by atoms with Gasteiger partial charge in [0.15, 0.2) is 0 Å². The minimum Gasteiger partial charge on any atom is -0.349 e. The van der Waals surface area contributed by atoms with Gasteiger partial charge < -0.3 is 15.5 Å². The van der Waals surface area contributed by atoms with Crippen LogP contribution in [0.1, 0.15) is 22.3 Å². The Bertz CT molecular complexity index is 923. The summed E-state index contributed by atoms with van der Waals surface area (Å²) >= 11 is 0. The number of aryl methyl sites for hydroxylation is 1. The van der Waals surface area contributed by atoms with Crippen molar-refractivity contribution in [2.75, 3.05) is 23.3 Å². The fourth-order valence-electron chi connectivity index (χ4n) is 3.27. The average molecular weight is 377 g/mol. The third-order valence-corrected chi connectivity index (χ3v) is 4.74. The van der Waals surface area contributed by atoms with E-state index in [1.807, 2.05) is 31.2 Å². The maximum atomic E-state index is 12.8. The molecule has 0 aliphatic carbocycles. The van der Waals surface area contributed by atoms with E-state index in [2.05, 4.69) is 17.2 Å². The van der Waals surface area contributed by atoms with Crippen LogP contribution in [0.25, 0.3) is 0 Å². The highest BCUT2D eigenvalue weighted by molar-refractivity contribution is 6.07. The first-order valence-electron chi connectivity index (χ1n) is 9.16. The maximum absolute atomic E-state index is 12.8. The number of carbonyl (C=O) groups is 3. The van der Waals surface area contributed by atoms with Gasteiger partial charge in [-0.2, -0.15) is 0 Å². The normalized spacial score (nSPS) is 16.0. The van der Waals surface area contributed by atoms with Crippen molar-refractivity contribution < 1.29 is 14.4 Å².